The molecule has 0 aliphatic carbocycles. The summed E-state index contributed by atoms with van der Waals surface area (Å²) in [5, 5.41) is 9.55. The number of aromatic nitrogens is 2. The average Bonchev–Trinajstić information content (AvgIpc) is 2.74. The Morgan fingerprint density at radius 2 is 1.93 bits per heavy atom. The van der Waals surface area contributed by atoms with Crippen molar-refractivity contribution in [3.8, 4) is 5.75 Å². The molecule has 0 spiro atoms. The van der Waals surface area contributed by atoms with Crippen molar-refractivity contribution in [1.82, 2.24) is 9.97 Å². The predicted molar refractivity (Wildman–Crippen MR) is 105 cm³/mol. The van der Waals surface area contributed by atoms with Crippen LogP contribution in [0, 0.1) is 0 Å². The zero-order valence-corrected chi connectivity index (χ0v) is 15.4. The van der Waals surface area contributed by atoms with E-state index in [4.69, 9.17) is 15.2 Å². The van der Waals surface area contributed by atoms with E-state index in [1.807, 2.05) is 35.2 Å². The third kappa shape index (κ3) is 4.44. The number of carbonyl (C=O) groups is 1. The molecule has 3 rings (SSSR count). The molecule has 9 nitrogen and oxygen atoms in total. The number of ether oxygens (including phenoxy) is 2. The van der Waals surface area contributed by atoms with Gasteiger partial charge in [-0.2, -0.15) is 0 Å². The molecule has 1 fully saturated rings. The second-order valence-corrected chi connectivity index (χ2v) is 5.89. The molecule has 0 amide bonds. The van der Waals surface area contributed by atoms with Crippen molar-refractivity contribution >= 4 is 29.5 Å². The summed E-state index contributed by atoms with van der Waals surface area (Å²) in [5.41, 5.74) is 7.11. The SMILES string of the molecule is COc1c(C(=O)O)nc(N2CCOCC2)nc1C(N)=CC=Nc1ccccc1. The molecule has 0 atom stereocenters. The quantitative estimate of drug-likeness (QED) is 0.723. The molecule has 28 heavy (non-hydrogen) atoms. The van der Waals surface area contributed by atoms with E-state index in [0.29, 0.717) is 26.3 Å². The minimum absolute atomic E-state index is 0.00590. The lowest BCUT2D eigenvalue weighted by atomic mass is 10.2. The van der Waals surface area contributed by atoms with Crippen LogP contribution >= 0.6 is 0 Å². The zero-order valence-electron chi connectivity index (χ0n) is 15.4. The van der Waals surface area contributed by atoms with E-state index in [0.717, 1.165) is 5.69 Å². The molecule has 0 unspecified atom stereocenters. The maximum Gasteiger partial charge on any atom is 0.358 e. The first-order chi connectivity index (χ1) is 13.6. The number of carboxylic acid groups (broad SMARTS) is 1. The number of aliphatic imine (C=N–C) groups is 1. The standard InChI is InChI=1S/C19H21N5O4/c1-27-17-15(14(20)7-8-21-13-5-3-2-4-6-13)22-19(23-16(17)18(25)26)24-9-11-28-12-10-24/h2-8H,9-12,20H2,1H3,(H,25,26). The Morgan fingerprint density at radius 1 is 1.25 bits per heavy atom. The van der Waals surface area contributed by atoms with Gasteiger partial charge in [0.15, 0.2) is 11.4 Å². The van der Waals surface area contributed by atoms with Crippen molar-refractivity contribution in [2.45, 2.75) is 0 Å². The summed E-state index contributed by atoms with van der Waals surface area (Å²) >= 11 is 0. The van der Waals surface area contributed by atoms with Crippen LogP contribution in [0.15, 0.2) is 41.4 Å². The van der Waals surface area contributed by atoms with Crippen LogP contribution in [0.2, 0.25) is 0 Å². The molecule has 9 heteroatoms. The largest absolute Gasteiger partial charge is 0.492 e. The second kappa shape index (κ2) is 8.96. The molecule has 146 valence electrons. The molecule has 2 aromatic rings. The van der Waals surface area contributed by atoms with Gasteiger partial charge in [0.1, 0.15) is 5.69 Å². The van der Waals surface area contributed by atoms with E-state index in [1.54, 1.807) is 6.08 Å². The Morgan fingerprint density at radius 3 is 2.57 bits per heavy atom. The minimum Gasteiger partial charge on any atom is -0.492 e. The average molecular weight is 383 g/mol. The molecule has 1 aromatic heterocycles. The monoisotopic (exact) mass is 383 g/mol. The van der Waals surface area contributed by atoms with E-state index >= 15 is 0 Å². The first kappa shape index (κ1) is 19.3. The van der Waals surface area contributed by atoms with Gasteiger partial charge in [0.25, 0.3) is 0 Å². The highest BCUT2D eigenvalue weighted by Gasteiger charge is 2.24. The summed E-state index contributed by atoms with van der Waals surface area (Å²) in [6.07, 6.45) is 3.08. The molecule has 2 heterocycles. The highest BCUT2D eigenvalue weighted by Crippen LogP contribution is 2.28. The summed E-state index contributed by atoms with van der Waals surface area (Å²) in [6.45, 7) is 2.15. The van der Waals surface area contributed by atoms with Crippen LogP contribution in [-0.2, 0) is 4.74 Å². The van der Waals surface area contributed by atoms with Gasteiger partial charge in [-0.1, -0.05) is 18.2 Å². The summed E-state index contributed by atoms with van der Waals surface area (Å²) in [5.74, 6) is -0.944. The van der Waals surface area contributed by atoms with Crippen molar-refractivity contribution in [2.24, 2.45) is 10.7 Å². The highest BCUT2D eigenvalue weighted by molar-refractivity contribution is 5.92. The molecule has 0 saturated carbocycles. The number of morpholine rings is 1. The summed E-state index contributed by atoms with van der Waals surface area (Å²) in [6, 6.07) is 9.35. The van der Waals surface area contributed by atoms with Crippen LogP contribution in [0.1, 0.15) is 16.2 Å². The van der Waals surface area contributed by atoms with Gasteiger partial charge in [0.2, 0.25) is 5.95 Å². The number of allylic oxidation sites excluding steroid dienone is 1. The normalized spacial score (nSPS) is 15.0. The van der Waals surface area contributed by atoms with Crippen molar-refractivity contribution < 1.29 is 19.4 Å². The number of hydrogen-bond acceptors (Lipinski definition) is 8. The lowest BCUT2D eigenvalue weighted by Gasteiger charge is -2.27. The van der Waals surface area contributed by atoms with Crippen molar-refractivity contribution in [3.63, 3.8) is 0 Å². The number of para-hydroxylation sites is 1. The fourth-order valence-corrected chi connectivity index (χ4v) is 2.67. The molecule has 1 aromatic carbocycles. The number of methoxy groups -OCH3 is 1. The third-order valence-electron chi connectivity index (χ3n) is 4.06. The van der Waals surface area contributed by atoms with Crippen LogP contribution in [-0.4, -0.2) is 60.7 Å². The van der Waals surface area contributed by atoms with Crippen molar-refractivity contribution in [1.29, 1.82) is 0 Å². The summed E-state index contributed by atoms with van der Waals surface area (Å²) in [4.78, 5) is 26.4. The van der Waals surface area contributed by atoms with Gasteiger partial charge in [-0.05, 0) is 18.2 Å². The van der Waals surface area contributed by atoms with E-state index in [1.165, 1.54) is 13.3 Å². The number of carboxylic acids is 1. The van der Waals surface area contributed by atoms with Gasteiger partial charge in [0.05, 0.1) is 31.7 Å². The van der Waals surface area contributed by atoms with Crippen LogP contribution < -0.4 is 15.4 Å². The number of nitrogens with zero attached hydrogens (tertiary/aromatic N) is 4. The van der Waals surface area contributed by atoms with E-state index in [9.17, 15) is 9.90 Å². The van der Waals surface area contributed by atoms with E-state index in [-0.39, 0.29) is 28.8 Å². The molecule has 0 radical (unpaired) electrons. The van der Waals surface area contributed by atoms with Crippen LogP contribution in [0.5, 0.6) is 5.75 Å². The Kier molecular flexibility index (Phi) is 6.18. The fraction of sp³-hybridized carbons (Fsp3) is 0.263. The maximum atomic E-state index is 11.7. The van der Waals surface area contributed by atoms with Gasteiger partial charge in [0, 0.05) is 19.3 Å². The lowest BCUT2D eigenvalue weighted by Crippen LogP contribution is -2.38. The number of aromatic carboxylic acids is 1. The topological polar surface area (TPSA) is 123 Å². The number of hydrogen-bond donors (Lipinski definition) is 2. The first-order valence-corrected chi connectivity index (χ1v) is 8.67. The van der Waals surface area contributed by atoms with Crippen LogP contribution in [0.4, 0.5) is 11.6 Å². The van der Waals surface area contributed by atoms with E-state index < -0.39 is 5.97 Å². The van der Waals surface area contributed by atoms with Gasteiger partial charge < -0.3 is 25.2 Å². The molecule has 1 aliphatic heterocycles. The Balaban J connectivity index is 1.99. The van der Waals surface area contributed by atoms with Crippen molar-refractivity contribution in [3.05, 3.63) is 47.8 Å². The molecule has 3 N–H and O–H groups in total. The predicted octanol–water partition coefficient (Wildman–Crippen LogP) is 1.72. The second-order valence-electron chi connectivity index (χ2n) is 5.89. The summed E-state index contributed by atoms with van der Waals surface area (Å²) < 4.78 is 10.6. The van der Waals surface area contributed by atoms with Gasteiger partial charge in [-0.25, -0.2) is 14.8 Å². The number of nitrogens with two attached hydrogens (primary N) is 1. The molecule has 1 saturated heterocycles. The van der Waals surface area contributed by atoms with E-state index in [2.05, 4.69) is 15.0 Å². The van der Waals surface area contributed by atoms with Crippen LogP contribution in [0.3, 0.4) is 0 Å². The lowest BCUT2D eigenvalue weighted by molar-refractivity contribution is 0.0686. The highest BCUT2D eigenvalue weighted by atomic mass is 16.5. The third-order valence-corrected chi connectivity index (χ3v) is 4.06. The molecular formula is C19H21N5O4. The van der Waals surface area contributed by atoms with Gasteiger partial charge in [-0.15, -0.1) is 0 Å². The summed E-state index contributed by atoms with van der Waals surface area (Å²) in [7, 11) is 1.36. The number of anilines is 1. The fourth-order valence-electron chi connectivity index (χ4n) is 2.67. The number of rotatable bonds is 6. The first-order valence-electron chi connectivity index (χ1n) is 8.67. The Hall–Kier alpha value is -3.46. The Bertz CT molecular complexity index is 893. The smallest absolute Gasteiger partial charge is 0.358 e. The van der Waals surface area contributed by atoms with Crippen molar-refractivity contribution in [2.75, 3.05) is 38.3 Å². The maximum absolute atomic E-state index is 11.7. The minimum atomic E-state index is -1.22. The van der Waals surface area contributed by atoms with Gasteiger partial charge >= 0.3 is 5.97 Å². The molecular weight excluding hydrogens is 362 g/mol. The Labute approximate surface area is 162 Å². The number of benzene rings is 1. The molecule has 0 bridgehead atoms. The van der Waals surface area contributed by atoms with Crippen LogP contribution in [0.25, 0.3) is 5.70 Å². The zero-order chi connectivity index (χ0) is 19.9. The molecule has 1 aliphatic rings. The van der Waals surface area contributed by atoms with Gasteiger partial charge in [-0.3, -0.25) is 4.99 Å².